The van der Waals surface area contributed by atoms with E-state index in [1.165, 1.54) is 19.0 Å². The molecule has 0 fully saturated rings. The fourth-order valence-corrected chi connectivity index (χ4v) is 4.26. The molecule has 1 N–H and O–H groups in total. The Kier molecular flexibility index (Phi) is 3.94. The molecule has 0 spiro atoms. The first-order valence-electron chi connectivity index (χ1n) is 5.24. The van der Waals surface area contributed by atoms with Gasteiger partial charge in [0.25, 0.3) is 0 Å². The minimum atomic E-state index is -1.14. The van der Waals surface area contributed by atoms with E-state index >= 15 is 0 Å². The van der Waals surface area contributed by atoms with Gasteiger partial charge in [-0.15, -0.1) is 0 Å². The maximum Gasteiger partial charge on any atom is 0.120 e. The zero-order valence-corrected chi connectivity index (χ0v) is 10.0. The van der Waals surface area contributed by atoms with Gasteiger partial charge in [-0.3, -0.25) is 0 Å². The maximum atomic E-state index is 3.71. The van der Waals surface area contributed by atoms with Crippen LogP contribution in [-0.2, 0) is 0 Å². The summed E-state index contributed by atoms with van der Waals surface area (Å²) in [4.78, 5) is 3.71. The summed E-state index contributed by atoms with van der Waals surface area (Å²) in [6.07, 6.45) is 10.2. The predicted molar refractivity (Wildman–Crippen MR) is 62.4 cm³/mol. The Morgan fingerprint density at radius 3 is 2.38 bits per heavy atom. The molecule has 1 nitrogen and oxygen atoms in total. The van der Waals surface area contributed by atoms with Gasteiger partial charge >= 0.3 is 0 Å². The summed E-state index contributed by atoms with van der Waals surface area (Å²) in [5.74, 6) is 0.700. The van der Waals surface area contributed by atoms with Crippen LogP contribution in [0.1, 0.15) is 13.3 Å². The van der Waals surface area contributed by atoms with Crippen molar-refractivity contribution in [2.24, 2.45) is 5.92 Å². The highest BCUT2D eigenvalue weighted by atomic mass is 28.3. The Bertz CT molecular complexity index is 194. The van der Waals surface area contributed by atoms with E-state index in [0.717, 1.165) is 0 Å². The van der Waals surface area contributed by atoms with Crippen LogP contribution in [0.2, 0.25) is 19.1 Å². The van der Waals surface area contributed by atoms with Crippen LogP contribution in [0.3, 0.4) is 0 Å². The fourth-order valence-electron chi connectivity index (χ4n) is 1.74. The third-order valence-electron chi connectivity index (χ3n) is 2.43. The monoisotopic (exact) mass is 195 g/mol. The van der Waals surface area contributed by atoms with Crippen molar-refractivity contribution in [3.8, 4) is 0 Å². The summed E-state index contributed by atoms with van der Waals surface area (Å²) in [7, 11) is -1.14. The average Bonchev–Trinajstić information content (AvgIpc) is 2.52. The van der Waals surface area contributed by atoms with Crippen LogP contribution in [0.4, 0.5) is 0 Å². The highest BCUT2D eigenvalue weighted by Gasteiger charge is 2.23. The van der Waals surface area contributed by atoms with Crippen LogP contribution in [0.5, 0.6) is 0 Å². The van der Waals surface area contributed by atoms with Crippen molar-refractivity contribution in [3.63, 3.8) is 0 Å². The molecule has 0 aromatic heterocycles. The first kappa shape index (κ1) is 10.7. The second-order valence-corrected chi connectivity index (χ2v) is 8.98. The van der Waals surface area contributed by atoms with Crippen molar-refractivity contribution in [1.29, 1.82) is 0 Å². The summed E-state index contributed by atoms with van der Waals surface area (Å²) < 4.78 is 0. The molecule has 1 rings (SSSR count). The average molecular weight is 195 g/mol. The Balaban J connectivity index is 2.32. The van der Waals surface area contributed by atoms with Crippen LogP contribution in [0.15, 0.2) is 24.3 Å². The molecule has 0 aromatic carbocycles. The Labute approximate surface area is 83.0 Å². The number of nitrogens with one attached hydrogen (secondary N) is 1. The first-order valence-corrected chi connectivity index (χ1v) is 8.45. The Hall–Kier alpha value is -0.343. The molecule has 1 aliphatic carbocycles. The van der Waals surface area contributed by atoms with Crippen molar-refractivity contribution in [3.05, 3.63) is 24.3 Å². The third kappa shape index (κ3) is 3.92. The summed E-state index contributed by atoms with van der Waals surface area (Å²) in [6, 6.07) is 1.33. The van der Waals surface area contributed by atoms with E-state index in [-0.39, 0.29) is 0 Å². The maximum absolute atomic E-state index is 3.71. The SMILES string of the molecule is CCCN[Si](C)(C)CC1C=CC=C1. The van der Waals surface area contributed by atoms with E-state index in [4.69, 9.17) is 0 Å². The topological polar surface area (TPSA) is 12.0 Å². The summed E-state index contributed by atoms with van der Waals surface area (Å²) in [6.45, 7) is 8.25. The van der Waals surface area contributed by atoms with Gasteiger partial charge < -0.3 is 4.98 Å². The van der Waals surface area contributed by atoms with Gasteiger partial charge in [0.15, 0.2) is 0 Å². The van der Waals surface area contributed by atoms with E-state index in [1.54, 1.807) is 0 Å². The van der Waals surface area contributed by atoms with Gasteiger partial charge in [-0.25, -0.2) is 0 Å². The summed E-state index contributed by atoms with van der Waals surface area (Å²) in [5.41, 5.74) is 0. The number of allylic oxidation sites excluding steroid dienone is 4. The third-order valence-corrected chi connectivity index (χ3v) is 5.13. The molecule has 0 radical (unpaired) electrons. The normalized spacial score (nSPS) is 17.2. The predicted octanol–water partition coefficient (Wildman–Crippen LogP) is 2.93. The van der Waals surface area contributed by atoms with Crippen LogP contribution >= 0.6 is 0 Å². The molecular formula is C11H21NSi. The highest BCUT2D eigenvalue weighted by molar-refractivity contribution is 6.75. The number of rotatable bonds is 5. The number of hydrogen-bond donors (Lipinski definition) is 1. The zero-order chi connectivity index (χ0) is 9.73. The molecule has 74 valence electrons. The van der Waals surface area contributed by atoms with Gasteiger partial charge in [0.05, 0.1) is 0 Å². The van der Waals surface area contributed by atoms with Crippen LogP contribution < -0.4 is 4.98 Å². The molecule has 0 saturated carbocycles. The standard InChI is InChI=1S/C11H21NSi/c1-4-9-12-13(2,3)10-11-7-5-6-8-11/h5-8,11-12H,4,9-10H2,1-3H3. The van der Waals surface area contributed by atoms with Crippen LogP contribution in [0.25, 0.3) is 0 Å². The largest absolute Gasteiger partial charge is 0.337 e. The molecule has 0 atom stereocenters. The molecule has 0 bridgehead atoms. The Morgan fingerprint density at radius 2 is 1.85 bits per heavy atom. The van der Waals surface area contributed by atoms with Gasteiger partial charge in [-0.05, 0) is 24.9 Å². The van der Waals surface area contributed by atoms with E-state index in [0.29, 0.717) is 5.92 Å². The highest BCUT2D eigenvalue weighted by Crippen LogP contribution is 2.20. The fraction of sp³-hybridized carbons (Fsp3) is 0.636. The molecule has 0 saturated heterocycles. The van der Waals surface area contributed by atoms with Crippen LogP contribution in [0, 0.1) is 5.92 Å². The van der Waals surface area contributed by atoms with E-state index in [1.807, 2.05) is 0 Å². The van der Waals surface area contributed by atoms with E-state index < -0.39 is 8.24 Å². The van der Waals surface area contributed by atoms with Crippen molar-refractivity contribution >= 4 is 8.24 Å². The Morgan fingerprint density at radius 1 is 1.23 bits per heavy atom. The molecular weight excluding hydrogens is 174 g/mol. The van der Waals surface area contributed by atoms with Gasteiger partial charge in [0.2, 0.25) is 0 Å². The van der Waals surface area contributed by atoms with Crippen molar-refractivity contribution in [2.75, 3.05) is 6.54 Å². The van der Waals surface area contributed by atoms with Crippen LogP contribution in [-0.4, -0.2) is 14.8 Å². The van der Waals surface area contributed by atoms with E-state index in [9.17, 15) is 0 Å². The molecule has 1 aliphatic rings. The van der Waals surface area contributed by atoms with Crippen molar-refractivity contribution in [2.45, 2.75) is 32.5 Å². The van der Waals surface area contributed by atoms with Gasteiger partial charge in [0.1, 0.15) is 8.24 Å². The molecule has 0 unspecified atom stereocenters. The van der Waals surface area contributed by atoms with Gasteiger partial charge in [-0.2, -0.15) is 0 Å². The first-order chi connectivity index (χ1) is 6.14. The van der Waals surface area contributed by atoms with Crippen molar-refractivity contribution < 1.29 is 0 Å². The zero-order valence-electron chi connectivity index (χ0n) is 9.01. The second kappa shape index (κ2) is 4.77. The molecule has 13 heavy (non-hydrogen) atoms. The summed E-state index contributed by atoms with van der Waals surface area (Å²) in [5, 5.41) is 0. The molecule has 0 amide bonds. The van der Waals surface area contributed by atoms with Gasteiger partial charge in [-0.1, -0.05) is 44.3 Å². The lowest BCUT2D eigenvalue weighted by molar-refractivity contribution is 0.808. The molecule has 0 heterocycles. The minimum absolute atomic E-state index is 0.700. The quantitative estimate of drug-likeness (QED) is 0.665. The number of hydrogen-bond acceptors (Lipinski definition) is 1. The summed E-state index contributed by atoms with van der Waals surface area (Å²) >= 11 is 0. The molecule has 0 aliphatic heterocycles. The molecule has 0 aromatic rings. The lowest BCUT2D eigenvalue weighted by Crippen LogP contribution is -2.45. The second-order valence-electron chi connectivity index (χ2n) is 4.45. The van der Waals surface area contributed by atoms with Crippen molar-refractivity contribution in [1.82, 2.24) is 4.98 Å². The lowest BCUT2D eigenvalue weighted by atomic mass is 10.2. The minimum Gasteiger partial charge on any atom is -0.337 e. The molecule has 2 heteroatoms. The smallest absolute Gasteiger partial charge is 0.120 e. The van der Waals surface area contributed by atoms with Gasteiger partial charge in [0, 0.05) is 0 Å². The lowest BCUT2D eigenvalue weighted by Gasteiger charge is -2.25. The van der Waals surface area contributed by atoms with E-state index in [2.05, 4.69) is 49.3 Å².